The van der Waals surface area contributed by atoms with Crippen LogP contribution in [0.25, 0.3) is 0 Å². The number of anilines is 1. The van der Waals surface area contributed by atoms with Gasteiger partial charge in [0.2, 0.25) is 0 Å². The van der Waals surface area contributed by atoms with Gasteiger partial charge in [0.25, 0.3) is 0 Å². The number of hydrogen-bond acceptors (Lipinski definition) is 2. The van der Waals surface area contributed by atoms with Gasteiger partial charge in [-0.15, -0.1) is 0 Å². The summed E-state index contributed by atoms with van der Waals surface area (Å²) >= 11 is 6.26. The Morgan fingerprint density at radius 2 is 1.85 bits per heavy atom. The van der Waals surface area contributed by atoms with Gasteiger partial charge in [-0.05, 0) is 30.5 Å². The number of aliphatic hydroxyl groups excluding tert-OH is 1. The molecule has 1 atom stereocenters. The van der Waals surface area contributed by atoms with Crippen LogP contribution in [0, 0.1) is 0 Å². The first-order chi connectivity index (χ1) is 9.75. The van der Waals surface area contributed by atoms with Crippen molar-refractivity contribution in [3.63, 3.8) is 0 Å². The minimum Gasteiger partial charge on any atom is -0.388 e. The van der Waals surface area contributed by atoms with Gasteiger partial charge in [-0.3, -0.25) is 0 Å². The van der Waals surface area contributed by atoms with E-state index in [1.165, 1.54) is 0 Å². The predicted octanol–water partition coefficient (Wildman–Crippen LogP) is 4.17. The predicted molar refractivity (Wildman–Crippen MR) is 83.1 cm³/mol. The molecule has 104 valence electrons. The lowest BCUT2D eigenvalue weighted by atomic mass is 10.0. The first kappa shape index (κ1) is 13.5. The van der Waals surface area contributed by atoms with Gasteiger partial charge in [-0.2, -0.15) is 0 Å². The summed E-state index contributed by atoms with van der Waals surface area (Å²) in [5.41, 5.74) is 3.27. The molecule has 1 aliphatic heterocycles. The van der Waals surface area contributed by atoms with Crippen molar-refractivity contribution in [1.29, 1.82) is 0 Å². The van der Waals surface area contributed by atoms with E-state index in [9.17, 15) is 5.11 Å². The number of para-hydroxylation sites is 1. The molecule has 0 aromatic heterocycles. The highest BCUT2D eigenvalue weighted by Crippen LogP contribution is 2.34. The molecular formula is C17H18ClNO. The molecule has 0 spiro atoms. The molecule has 2 aromatic rings. The maximum atomic E-state index is 10.2. The Labute approximate surface area is 124 Å². The fourth-order valence-electron chi connectivity index (χ4n) is 2.81. The van der Waals surface area contributed by atoms with Gasteiger partial charge < -0.3 is 10.0 Å². The molecule has 0 saturated heterocycles. The molecule has 1 N–H and O–H groups in total. The van der Waals surface area contributed by atoms with Gasteiger partial charge in [-0.1, -0.05) is 48.0 Å². The van der Waals surface area contributed by atoms with Gasteiger partial charge >= 0.3 is 0 Å². The SMILES string of the molecule is OC1CCCN(Cc2ccccc2Cl)c2ccccc21. The van der Waals surface area contributed by atoms with Crippen LogP contribution < -0.4 is 4.90 Å². The smallest absolute Gasteiger partial charge is 0.0810 e. The Bertz CT molecular complexity index is 599. The second-order valence-corrected chi connectivity index (χ2v) is 5.64. The number of benzene rings is 2. The van der Waals surface area contributed by atoms with E-state index in [0.717, 1.165) is 47.8 Å². The highest BCUT2D eigenvalue weighted by atomic mass is 35.5. The molecule has 0 amide bonds. The Balaban J connectivity index is 1.94. The van der Waals surface area contributed by atoms with Gasteiger partial charge in [0.05, 0.1) is 6.10 Å². The average Bonchev–Trinajstić information content (AvgIpc) is 2.62. The molecule has 20 heavy (non-hydrogen) atoms. The zero-order valence-electron chi connectivity index (χ0n) is 11.3. The lowest BCUT2D eigenvalue weighted by Crippen LogP contribution is -2.23. The summed E-state index contributed by atoms with van der Waals surface area (Å²) < 4.78 is 0. The zero-order valence-corrected chi connectivity index (χ0v) is 12.1. The average molecular weight is 288 g/mol. The second kappa shape index (κ2) is 5.86. The van der Waals surface area contributed by atoms with Gasteiger partial charge in [0, 0.05) is 29.4 Å². The molecule has 0 bridgehead atoms. The summed E-state index contributed by atoms with van der Waals surface area (Å²) in [4.78, 5) is 2.31. The van der Waals surface area contributed by atoms with E-state index in [1.54, 1.807) is 0 Å². The second-order valence-electron chi connectivity index (χ2n) is 5.23. The van der Waals surface area contributed by atoms with Crippen LogP contribution in [0.2, 0.25) is 5.02 Å². The van der Waals surface area contributed by atoms with Crippen LogP contribution in [0.4, 0.5) is 5.69 Å². The first-order valence-corrected chi connectivity index (χ1v) is 7.39. The van der Waals surface area contributed by atoms with E-state index in [-0.39, 0.29) is 6.10 Å². The number of halogens is 1. The fourth-order valence-corrected chi connectivity index (χ4v) is 3.00. The van der Waals surface area contributed by atoms with Crippen LogP contribution in [-0.4, -0.2) is 11.7 Å². The molecule has 1 unspecified atom stereocenters. The number of aliphatic hydroxyl groups is 1. The molecule has 0 radical (unpaired) electrons. The first-order valence-electron chi connectivity index (χ1n) is 7.01. The number of hydrogen-bond donors (Lipinski definition) is 1. The van der Waals surface area contributed by atoms with Crippen LogP contribution in [-0.2, 0) is 6.54 Å². The summed E-state index contributed by atoms with van der Waals surface area (Å²) in [7, 11) is 0. The Hall–Kier alpha value is -1.51. The molecule has 0 fully saturated rings. The molecule has 1 heterocycles. The third-order valence-electron chi connectivity index (χ3n) is 3.86. The molecule has 1 aliphatic rings. The molecule has 0 aliphatic carbocycles. The summed E-state index contributed by atoms with van der Waals surface area (Å²) in [5, 5.41) is 11.0. The molecule has 3 heteroatoms. The minimum absolute atomic E-state index is 0.359. The van der Waals surface area contributed by atoms with Gasteiger partial charge in [-0.25, -0.2) is 0 Å². The normalized spacial score (nSPS) is 18.5. The summed E-state index contributed by atoms with van der Waals surface area (Å²) in [6.07, 6.45) is 1.44. The van der Waals surface area contributed by atoms with Crippen molar-refractivity contribution >= 4 is 17.3 Å². The largest absolute Gasteiger partial charge is 0.388 e. The number of nitrogens with zero attached hydrogens (tertiary/aromatic N) is 1. The van der Waals surface area contributed by atoms with Crippen molar-refractivity contribution in [2.45, 2.75) is 25.5 Å². The molecule has 2 aromatic carbocycles. The fraction of sp³-hybridized carbons (Fsp3) is 0.294. The zero-order chi connectivity index (χ0) is 13.9. The van der Waals surface area contributed by atoms with Crippen LogP contribution >= 0.6 is 11.6 Å². The van der Waals surface area contributed by atoms with E-state index in [0.29, 0.717) is 0 Å². The van der Waals surface area contributed by atoms with E-state index in [2.05, 4.69) is 17.0 Å². The summed E-state index contributed by atoms with van der Waals surface area (Å²) in [6.45, 7) is 1.72. The van der Waals surface area contributed by atoms with Gasteiger partial charge in [0.15, 0.2) is 0 Å². The molecular weight excluding hydrogens is 270 g/mol. The van der Waals surface area contributed by atoms with Crippen molar-refractivity contribution < 1.29 is 5.11 Å². The van der Waals surface area contributed by atoms with Crippen molar-refractivity contribution in [3.05, 3.63) is 64.7 Å². The highest BCUT2D eigenvalue weighted by Gasteiger charge is 2.21. The van der Waals surface area contributed by atoms with E-state index < -0.39 is 0 Å². The third kappa shape index (κ3) is 2.67. The topological polar surface area (TPSA) is 23.5 Å². The Morgan fingerprint density at radius 1 is 1.10 bits per heavy atom. The quantitative estimate of drug-likeness (QED) is 0.896. The van der Waals surface area contributed by atoms with Crippen LogP contribution in [0.15, 0.2) is 48.5 Å². The van der Waals surface area contributed by atoms with Crippen molar-refractivity contribution in [3.8, 4) is 0 Å². The lowest BCUT2D eigenvalue weighted by molar-refractivity contribution is 0.168. The molecule has 3 rings (SSSR count). The van der Waals surface area contributed by atoms with Crippen LogP contribution in [0.3, 0.4) is 0 Å². The van der Waals surface area contributed by atoms with Gasteiger partial charge in [0.1, 0.15) is 0 Å². The van der Waals surface area contributed by atoms with Crippen LogP contribution in [0.1, 0.15) is 30.1 Å². The Morgan fingerprint density at radius 3 is 2.70 bits per heavy atom. The lowest BCUT2D eigenvalue weighted by Gasteiger charge is -2.25. The highest BCUT2D eigenvalue weighted by molar-refractivity contribution is 6.31. The van der Waals surface area contributed by atoms with E-state index in [4.69, 9.17) is 11.6 Å². The number of rotatable bonds is 2. The van der Waals surface area contributed by atoms with E-state index in [1.807, 2.05) is 36.4 Å². The standard InChI is InChI=1S/C17H18ClNO/c18-15-8-3-1-6-13(15)12-19-11-5-10-17(20)14-7-2-4-9-16(14)19/h1-4,6-9,17,20H,5,10-12H2. The van der Waals surface area contributed by atoms with Crippen LogP contribution in [0.5, 0.6) is 0 Å². The Kier molecular flexibility index (Phi) is 3.95. The van der Waals surface area contributed by atoms with Crippen molar-refractivity contribution in [1.82, 2.24) is 0 Å². The minimum atomic E-state index is -0.359. The maximum Gasteiger partial charge on any atom is 0.0810 e. The molecule has 0 saturated carbocycles. The monoisotopic (exact) mass is 287 g/mol. The van der Waals surface area contributed by atoms with Crippen molar-refractivity contribution in [2.24, 2.45) is 0 Å². The molecule has 2 nitrogen and oxygen atoms in total. The third-order valence-corrected chi connectivity index (χ3v) is 4.23. The maximum absolute atomic E-state index is 10.2. The summed E-state index contributed by atoms with van der Waals surface area (Å²) in [5.74, 6) is 0. The number of fused-ring (bicyclic) bond motifs is 1. The van der Waals surface area contributed by atoms with E-state index >= 15 is 0 Å². The summed E-state index contributed by atoms with van der Waals surface area (Å²) in [6, 6.07) is 16.1. The van der Waals surface area contributed by atoms with Crippen molar-refractivity contribution in [2.75, 3.05) is 11.4 Å².